The number of rotatable bonds is 4. The van der Waals surface area contributed by atoms with Crippen molar-refractivity contribution in [2.24, 2.45) is 5.92 Å². The minimum Gasteiger partial charge on any atom is -0.444 e. The van der Waals surface area contributed by atoms with Crippen LogP contribution in [0.4, 0.5) is 4.79 Å². The van der Waals surface area contributed by atoms with Crippen LogP contribution in [0.15, 0.2) is 28.7 Å². The molecule has 1 rings (SSSR count). The Morgan fingerprint density at radius 3 is 2.35 bits per heavy atom. The van der Waals surface area contributed by atoms with E-state index in [0.29, 0.717) is 0 Å². The quantitative estimate of drug-likeness (QED) is 0.877. The van der Waals surface area contributed by atoms with Crippen LogP contribution in [0.25, 0.3) is 0 Å². The number of nitrogens with one attached hydrogen (secondary N) is 1. The van der Waals surface area contributed by atoms with E-state index in [9.17, 15) is 9.90 Å². The largest absolute Gasteiger partial charge is 0.444 e. The van der Waals surface area contributed by atoms with E-state index in [2.05, 4.69) is 21.2 Å². The predicted molar refractivity (Wildman–Crippen MR) is 82.5 cm³/mol. The molecule has 0 spiro atoms. The average molecular weight is 344 g/mol. The van der Waals surface area contributed by atoms with Gasteiger partial charge in [-0.1, -0.05) is 35.0 Å². The van der Waals surface area contributed by atoms with E-state index in [1.807, 2.05) is 52.0 Å². The van der Waals surface area contributed by atoms with Gasteiger partial charge in [0.15, 0.2) is 0 Å². The van der Waals surface area contributed by atoms with Crippen LogP contribution in [-0.2, 0) is 4.74 Å². The predicted octanol–water partition coefficient (Wildman–Crippen LogP) is 3.64. The Kier molecular flexibility index (Phi) is 6.02. The molecule has 1 amide bonds. The van der Waals surface area contributed by atoms with Gasteiger partial charge in [0.1, 0.15) is 5.60 Å². The smallest absolute Gasteiger partial charge is 0.408 e. The molecule has 0 radical (unpaired) electrons. The number of hydrogen-bond donors (Lipinski definition) is 2. The summed E-state index contributed by atoms with van der Waals surface area (Å²) in [4.78, 5) is 11.9. The first-order chi connectivity index (χ1) is 9.23. The molecule has 0 aliphatic heterocycles. The van der Waals surface area contributed by atoms with Gasteiger partial charge in [0.05, 0.1) is 6.04 Å². The van der Waals surface area contributed by atoms with Crippen LogP contribution in [0.2, 0.25) is 0 Å². The molecule has 0 saturated carbocycles. The number of alkyl carbamates (subject to hydrolysis) is 1. The molecule has 0 aromatic heterocycles. The first kappa shape index (κ1) is 17.0. The fourth-order valence-electron chi connectivity index (χ4n) is 1.76. The Morgan fingerprint density at radius 2 is 1.90 bits per heavy atom. The highest BCUT2D eigenvalue weighted by atomic mass is 79.9. The first-order valence-corrected chi connectivity index (χ1v) is 7.38. The lowest BCUT2D eigenvalue weighted by molar-refractivity contribution is 0.0474. The zero-order valence-electron chi connectivity index (χ0n) is 12.3. The lowest BCUT2D eigenvalue weighted by Gasteiger charge is -2.27. The van der Waals surface area contributed by atoms with Crippen molar-refractivity contribution < 1.29 is 14.6 Å². The maximum atomic E-state index is 11.9. The molecular weight excluding hydrogens is 322 g/mol. The van der Waals surface area contributed by atoms with Gasteiger partial charge >= 0.3 is 6.09 Å². The third-order valence-electron chi connectivity index (χ3n) is 2.76. The number of hydrogen-bond acceptors (Lipinski definition) is 3. The van der Waals surface area contributed by atoms with E-state index in [4.69, 9.17) is 4.74 Å². The Balaban J connectivity index is 2.85. The molecule has 1 aromatic carbocycles. The zero-order valence-corrected chi connectivity index (χ0v) is 13.9. The molecule has 0 heterocycles. The van der Waals surface area contributed by atoms with Crippen molar-refractivity contribution in [3.8, 4) is 0 Å². The van der Waals surface area contributed by atoms with Crippen molar-refractivity contribution in [3.63, 3.8) is 0 Å². The number of carbonyl (C=O) groups excluding carboxylic acids is 1. The molecule has 0 bridgehead atoms. The summed E-state index contributed by atoms with van der Waals surface area (Å²) < 4.78 is 6.23. The van der Waals surface area contributed by atoms with Crippen LogP contribution in [0, 0.1) is 5.92 Å². The standard InChI is InChI=1S/C15H22BrNO3/c1-10(9-18)13(11-5-7-12(16)8-6-11)17-14(19)20-15(2,3)4/h5-8,10,13,18H,9H2,1-4H3,(H,17,19). The van der Waals surface area contributed by atoms with Crippen LogP contribution in [0.5, 0.6) is 0 Å². The molecule has 2 atom stereocenters. The van der Waals surface area contributed by atoms with Crippen molar-refractivity contribution in [2.75, 3.05) is 6.61 Å². The number of aliphatic hydroxyl groups excluding tert-OH is 1. The average Bonchev–Trinajstić information content (AvgIpc) is 2.34. The minimum atomic E-state index is -0.545. The molecule has 112 valence electrons. The third kappa shape index (κ3) is 5.51. The molecule has 5 heteroatoms. The molecule has 2 N–H and O–H groups in total. The van der Waals surface area contributed by atoms with Crippen molar-refractivity contribution in [3.05, 3.63) is 34.3 Å². The van der Waals surface area contributed by atoms with Crippen LogP contribution in [-0.4, -0.2) is 23.4 Å². The van der Waals surface area contributed by atoms with Gasteiger partial charge in [0.25, 0.3) is 0 Å². The van der Waals surface area contributed by atoms with Gasteiger partial charge in [0, 0.05) is 17.0 Å². The summed E-state index contributed by atoms with van der Waals surface area (Å²) >= 11 is 3.38. The summed E-state index contributed by atoms with van der Waals surface area (Å²) in [6.07, 6.45) is -0.481. The third-order valence-corrected chi connectivity index (χ3v) is 3.29. The van der Waals surface area contributed by atoms with E-state index >= 15 is 0 Å². The fourth-order valence-corrected chi connectivity index (χ4v) is 2.03. The van der Waals surface area contributed by atoms with Crippen molar-refractivity contribution >= 4 is 22.0 Å². The van der Waals surface area contributed by atoms with Crippen LogP contribution in [0.3, 0.4) is 0 Å². The van der Waals surface area contributed by atoms with Crippen molar-refractivity contribution in [2.45, 2.75) is 39.3 Å². The first-order valence-electron chi connectivity index (χ1n) is 6.59. The topological polar surface area (TPSA) is 58.6 Å². The van der Waals surface area contributed by atoms with Crippen molar-refractivity contribution in [1.82, 2.24) is 5.32 Å². The monoisotopic (exact) mass is 343 g/mol. The van der Waals surface area contributed by atoms with Crippen LogP contribution < -0.4 is 5.32 Å². The molecular formula is C15H22BrNO3. The maximum Gasteiger partial charge on any atom is 0.408 e. The number of aliphatic hydroxyl groups is 1. The second kappa shape index (κ2) is 7.09. The Labute approximate surface area is 128 Å². The van der Waals surface area contributed by atoms with E-state index in [-0.39, 0.29) is 18.6 Å². The highest BCUT2D eigenvalue weighted by Crippen LogP contribution is 2.24. The second-order valence-electron chi connectivity index (χ2n) is 5.84. The second-order valence-corrected chi connectivity index (χ2v) is 6.75. The number of halogens is 1. The molecule has 0 fully saturated rings. The highest BCUT2D eigenvalue weighted by molar-refractivity contribution is 9.10. The fraction of sp³-hybridized carbons (Fsp3) is 0.533. The molecule has 4 nitrogen and oxygen atoms in total. The molecule has 20 heavy (non-hydrogen) atoms. The lowest BCUT2D eigenvalue weighted by atomic mass is 9.95. The number of benzene rings is 1. The summed E-state index contributed by atoms with van der Waals surface area (Å²) in [7, 11) is 0. The van der Waals surface area contributed by atoms with Gasteiger partial charge < -0.3 is 15.2 Å². The van der Waals surface area contributed by atoms with E-state index in [1.165, 1.54) is 0 Å². The molecule has 0 aliphatic rings. The SMILES string of the molecule is CC(CO)C(NC(=O)OC(C)(C)C)c1ccc(Br)cc1. The normalized spacial score (nSPS) is 14.5. The number of ether oxygens (including phenoxy) is 1. The molecule has 0 aliphatic carbocycles. The lowest BCUT2D eigenvalue weighted by Crippen LogP contribution is -2.38. The molecule has 0 saturated heterocycles. The van der Waals surface area contributed by atoms with Crippen LogP contribution in [0.1, 0.15) is 39.3 Å². The summed E-state index contributed by atoms with van der Waals surface area (Å²) in [5.41, 5.74) is 0.386. The van der Waals surface area contributed by atoms with Gasteiger partial charge in [-0.3, -0.25) is 0 Å². The van der Waals surface area contributed by atoms with Gasteiger partial charge in [-0.25, -0.2) is 4.79 Å². The molecule has 1 aromatic rings. The zero-order chi connectivity index (χ0) is 15.3. The summed E-state index contributed by atoms with van der Waals surface area (Å²) in [6.45, 7) is 7.31. The van der Waals surface area contributed by atoms with Gasteiger partial charge in [-0.15, -0.1) is 0 Å². The number of carbonyl (C=O) groups is 1. The minimum absolute atomic E-state index is 0.0173. The summed E-state index contributed by atoms with van der Waals surface area (Å²) in [5, 5.41) is 12.2. The van der Waals surface area contributed by atoms with Gasteiger partial charge in [-0.2, -0.15) is 0 Å². The maximum absolute atomic E-state index is 11.9. The van der Waals surface area contributed by atoms with Crippen molar-refractivity contribution in [1.29, 1.82) is 0 Å². The van der Waals surface area contributed by atoms with Crippen LogP contribution >= 0.6 is 15.9 Å². The van der Waals surface area contributed by atoms with Gasteiger partial charge in [-0.05, 0) is 38.5 Å². The van der Waals surface area contributed by atoms with E-state index < -0.39 is 11.7 Å². The van der Waals surface area contributed by atoms with E-state index in [1.54, 1.807) is 0 Å². The van der Waals surface area contributed by atoms with Gasteiger partial charge in [0.2, 0.25) is 0 Å². The Morgan fingerprint density at radius 1 is 1.35 bits per heavy atom. The summed E-state index contributed by atoms with van der Waals surface area (Å²) in [5.74, 6) is -0.108. The Bertz CT molecular complexity index is 439. The molecule has 2 unspecified atom stereocenters. The Hall–Kier alpha value is -1.07. The number of amides is 1. The summed E-state index contributed by atoms with van der Waals surface area (Å²) in [6, 6.07) is 7.35. The van der Waals surface area contributed by atoms with E-state index in [0.717, 1.165) is 10.0 Å². The highest BCUT2D eigenvalue weighted by Gasteiger charge is 2.24.